The lowest BCUT2D eigenvalue weighted by molar-refractivity contribution is 0.500. The Morgan fingerprint density at radius 3 is 3.00 bits per heavy atom. The van der Waals surface area contributed by atoms with E-state index in [1.807, 2.05) is 24.4 Å². The summed E-state index contributed by atoms with van der Waals surface area (Å²) in [5, 5.41) is 3.24. The largest absolute Gasteiger partial charge is 0.467 e. The lowest BCUT2D eigenvalue weighted by atomic mass is 10.3. The topological polar surface area (TPSA) is 54.2 Å². The Bertz CT molecular complexity index is 537. The molecule has 0 aromatic carbocycles. The molecule has 0 amide bonds. The predicted molar refractivity (Wildman–Crippen MR) is 78.7 cm³/mol. The molecular weight excluding hydrogens is 252 g/mol. The second kappa shape index (κ2) is 5.94. The molecule has 0 bridgehead atoms. The summed E-state index contributed by atoms with van der Waals surface area (Å²) in [5.74, 6) is 2.64. The average Bonchev–Trinajstić information content (AvgIpc) is 3.19. The Hall–Kier alpha value is -2.04. The molecule has 1 aliphatic rings. The van der Waals surface area contributed by atoms with Crippen LogP contribution in [0.5, 0.6) is 0 Å². The minimum Gasteiger partial charge on any atom is -0.467 e. The second-order valence-electron chi connectivity index (χ2n) is 5.10. The fourth-order valence-corrected chi connectivity index (χ4v) is 2.18. The Kier molecular flexibility index (Phi) is 3.85. The monoisotopic (exact) mass is 272 g/mol. The van der Waals surface area contributed by atoms with Gasteiger partial charge in [0.15, 0.2) is 0 Å². The number of furan rings is 1. The van der Waals surface area contributed by atoms with Gasteiger partial charge in [-0.05, 0) is 37.5 Å². The molecule has 5 nitrogen and oxygen atoms in total. The van der Waals surface area contributed by atoms with Gasteiger partial charge in [-0.3, -0.25) is 0 Å². The standard InChI is InChI=1S/C15H20N4O/c1-2-8-16-15-17-9-7-14(18-15)19(12-5-6-12)11-13-4-3-10-20-13/h3-4,7,9-10,12H,2,5-6,8,11H2,1H3,(H,16,17,18). The third kappa shape index (κ3) is 3.10. The SMILES string of the molecule is CCCNc1nccc(N(Cc2ccco2)C2CC2)n1. The zero-order chi connectivity index (χ0) is 13.8. The number of hydrogen-bond donors (Lipinski definition) is 1. The summed E-state index contributed by atoms with van der Waals surface area (Å²) in [6, 6.07) is 6.48. The van der Waals surface area contributed by atoms with Gasteiger partial charge in [0.25, 0.3) is 0 Å². The number of anilines is 2. The van der Waals surface area contributed by atoms with Gasteiger partial charge in [-0.1, -0.05) is 6.92 Å². The van der Waals surface area contributed by atoms with Gasteiger partial charge in [0.1, 0.15) is 11.6 Å². The van der Waals surface area contributed by atoms with E-state index < -0.39 is 0 Å². The maximum absolute atomic E-state index is 5.46. The van der Waals surface area contributed by atoms with Crippen molar-refractivity contribution in [2.24, 2.45) is 0 Å². The second-order valence-corrected chi connectivity index (χ2v) is 5.10. The maximum atomic E-state index is 5.46. The highest BCUT2D eigenvalue weighted by Crippen LogP contribution is 2.32. The minimum absolute atomic E-state index is 0.578. The minimum atomic E-state index is 0.578. The van der Waals surface area contributed by atoms with Crippen LogP contribution in [0.2, 0.25) is 0 Å². The first-order valence-electron chi connectivity index (χ1n) is 7.22. The van der Waals surface area contributed by atoms with Crippen LogP contribution < -0.4 is 10.2 Å². The lowest BCUT2D eigenvalue weighted by Gasteiger charge is -2.22. The van der Waals surface area contributed by atoms with Crippen LogP contribution >= 0.6 is 0 Å². The van der Waals surface area contributed by atoms with Crippen LogP contribution in [-0.4, -0.2) is 22.6 Å². The molecule has 1 N–H and O–H groups in total. The quantitative estimate of drug-likeness (QED) is 0.839. The Morgan fingerprint density at radius 2 is 2.30 bits per heavy atom. The number of aromatic nitrogens is 2. The van der Waals surface area contributed by atoms with E-state index in [1.54, 1.807) is 6.26 Å². The van der Waals surface area contributed by atoms with Gasteiger partial charge < -0.3 is 14.6 Å². The Labute approximate surface area is 119 Å². The summed E-state index contributed by atoms with van der Waals surface area (Å²) >= 11 is 0. The molecule has 0 saturated heterocycles. The molecule has 3 rings (SSSR count). The van der Waals surface area contributed by atoms with Crippen LogP contribution in [0.4, 0.5) is 11.8 Å². The van der Waals surface area contributed by atoms with Gasteiger partial charge in [-0.25, -0.2) is 4.98 Å². The van der Waals surface area contributed by atoms with Crippen LogP contribution in [0.15, 0.2) is 35.1 Å². The van der Waals surface area contributed by atoms with E-state index in [0.29, 0.717) is 12.0 Å². The van der Waals surface area contributed by atoms with Crippen LogP contribution in [0, 0.1) is 0 Å². The summed E-state index contributed by atoms with van der Waals surface area (Å²) in [6.45, 7) is 3.79. The van der Waals surface area contributed by atoms with Gasteiger partial charge in [0.2, 0.25) is 5.95 Å². The summed E-state index contributed by atoms with van der Waals surface area (Å²) in [6.07, 6.45) is 7.05. The highest BCUT2D eigenvalue weighted by molar-refractivity contribution is 5.45. The van der Waals surface area contributed by atoms with Gasteiger partial charge in [-0.2, -0.15) is 4.98 Å². The van der Waals surface area contributed by atoms with Gasteiger partial charge in [0.05, 0.1) is 12.8 Å². The Balaban J connectivity index is 1.76. The number of hydrogen-bond acceptors (Lipinski definition) is 5. The van der Waals surface area contributed by atoms with Crippen molar-refractivity contribution in [1.29, 1.82) is 0 Å². The zero-order valence-corrected chi connectivity index (χ0v) is 11.7. The average molecular weight is 272 g/mol. The molecule has 106 valence electrons. The van der Waals surface area contributed by atoms with Crippen LogP contribution in [0.25, 0.3) is 0 Å². The van der Waals surface area contributed by atoms with Crippen molar-refractivity contribution < 1.29 is 4.42 Å². The lowest BCUT2D eigenvalue weighted by Crippen LogP contribution is -2.26. The molecule has 2 aromatic heterocycles. The molecule has 1 aliphatic carbocycles. The van der Waals surface area contributed by atoms with Crippen LogP contribution in [0.3, 0.4) is 0 Å². The first kappa shape index (κ1) is 13.0. The zero-order valence-electron chi connectivity index (χ0n) is 11.7. The van der Waals surface area contributed by atoms with Crippen molar-refractivity contribution in [2.75, 3.05) is 16.8 Å². The van der Waals surface area contributed by atoms with E-state index >= 15 is 0 Å². The van der Waals surface area contributed by atoms with E-state index in [1.165, 1.54) is 12.8 Å². The van der Waals surface area contributed by atoms with Crippen molar-refractivity contribution in [3.63, 3.8) is 0 Å². The molecule has 0 aliphatic heterocycles. The molecular formula is C15H20N4O. The molecule has 0 spiro atoms. The normalized spacial score (nSPS) is 14.2. The molecule has 0 atom stereocenters. The number of rotatable bonds is 7. The van der Waals surface area contributed by atoms with Crippen molar-refractivity contribution in [2.45, 2.75) is 38.8 Å². The van der Waals surface area contributed by atoms with Crippen molar-refractivity contribution in [3.8, 4) is 0 Å². The van der Waals surface area contributed by atoms with Crippen molar-refractivity contribution in [1.82, 2.24) is 9.97 Å². The van der Waals surface area contributed by atoms with Crippen molar-refractivity contribution in [3.05, 3.63) is 36.4 Å². The molecule has 0 radical (unpaired) electrons. The predicted octanol–water partition coefficient (Wildman–Crippen LogP) is 3.06. The summed E-state index contributed by atoms with van der Waals surface area (Å²) < 4.78 is 5.46. The third-order valence-corrected chi connectivity index (χ3v) is 3.36. The molecule has 0 unspecified atom stereocenters. The summed E-state index contributed by atoms with van der Waals surface area (Å²) in [7, 11) is 0. The number of nitrogens with one attached hydrogen (secondary N) is 1. The maximum Gasteiger partial charge on any atom is 0.224 e. The smallest absolute Gasteiger partial charge is 0.224 e. The first-order valence-corrected chi connectivity index (χ1v) is 7.22. The van der Waals surface area contributed by atoms with Gasteiger partial charge in [0, 0.05) is 18.8 Å². The van der Waals surface area contributed by atoms with E-state index in [9.17, 15) is 0 Å². The molecule has 2 aromatic rings. The van der Waals surface area contributed by atoms with Crippen molar-refractivity contribution >= 4 is 11.8 Å². The van der Waals surface area contributed by atoms with E-state index in [2.05, 4.69) is 27.1 Å². The molecule has 5 heteroatoms. The van der Waals surface area contributed by atoms with E-state index in [0.717, 1.165) is 31.1 Å². The summed E-state index contributed by atoms with van der Waals surface area (Å²) in [5.41, 5.74) is 0. The van der Waals surface area contributed by atoms with Crippen LogP contribution in [-0.2, 0) is 6.54 Å². The molecule has 2 heterocycles. The van der Waals surface area contributed by atoms with E-state index in [4.69, 9.17) is 4.42 Å². The third-order valence-electron chi connectivity index (χ3n) is 3.36. The fourth-order valence-electron chi connectivity index (χ4n) is 2.18. The summed E-state index contributed by atoms with van der Waals surface area (Å²) in [4.78, 5) is 11.2. The molecule has 1 fully saturated rings. The van der Waals surface area contributed by atoms with Gasteiger partial charge in [-0.15, -0.1) is 0 Å². The van der Waals surface area contributed by atoms with E-state index in [-0.39, 0.29) is 0 Å². The van der Waals surface area contributed by atoms with Gasteiger partial charge >= 0.3 is 0 Å². The van der Waals surface area contributed by atoms with Crippen LogP contribution in [0.1, 0.15) is 31.9 Å². The molecule has 1 saturated carbocycles. The highest BCUT2D eigenvalue weighted by atomic mass is 16.3. The number of nitrogens with zero attached hydrogens (tertiary/aromatic N) is 3. The highest BCUT2D eigenvalue weighted by Gasteiger charge is 2.30. The Morgan fingerprint density at radius 1 is 1.40 bits per heavy atom. The fraction of sp³-hybridized carbons (Fsp3) is 0.467. The molecule has 20 heavy (non-hydrogen) atoms. The first-order chi connectivity index (χ1) is 9.86.